The van der Waals surface area contributed by atoms with Crippen LogP contribution in [0.4, 0.5) is 0 Å². The Morgan fingerprint density at radius 1 is 1.21 bits per heavy atom. The summed E-state index contributed by atoms with van der Waals surface area (Å²) in [7, 11) is 0. The molecule has 1 fully saturated rings. The number of aromatic nitrogens is 2. The van der Waals surface area contributed by atoms with Crippen LogP contribution in [0.15, 0.2) is 41.2 Å². The van der Waals surface area contributed by atoms with Gasteiger partial charge in [0, 0.05) is 6.42 Å². The fourth-order valence-corrected chi connectivity index (χ4v) is 5.72. The molecule has 2 aliphatic heterocycles. The third-order valence-electron chi connectivity index (χ3n) is 7.28. The van der Waals surface area contributed by atoms with Gasteiger partial charge in [0.2, 0.25) is 0 Å². The van der Waals surface area contributed by atoms with Crippen LogP contribution in [0.2, 0.25) is 5.02 Å². The maximum atomic E-state index is 12.8. The quantitative estimate of drug-likeness (QED) is 0.590. The van der Waals surface area contributed by atoms with E-state index in [-0.39, 0.29) is 17.4 Å². The molecule has 0 spiro atoms. The average Bonchev–Trinajstić information content (AvgIpc) is 3.00. The lowest BCUT2D eigenvalue weighted by Crippen LogP contribution is -2.33. The van der Waals surface area contributed by atoms with Crippen LogP contribution in [0.5, 0.6) is 0 Å². The number of piperidine rings is 1. The number of rotatable bonds is 5. The number of halogens is 1. The minimum Gasteiger partial charge on any atom is -0.481 e. The van der Waals surface area contributed by atoms with Crippen molar-refractivity contribution in [1.82, 2.24) is 14.5 Å². The summed E-state index contributed by atoms with van der Waals surface area (Å²) in [6.07, 6.45) is 3.04. The highest BCUT2D eigenvalue weighted by Crippen LogP contribution is 2.44. The number of carbonyl (C=O) groups is 1. The monoisotopic (exact) mass is 465 g/mol. The van der Waals surface area contributed by atoms with E-state index in [2.05, 4.69) is 46.5 Å². The second-order valence-corrected chi connectivity index (χ2v) is 10.1. The molecule has 0 saturated carbocycles. The summed E-state index contributed by atoms with van der Waals surface area (Å²) in [5, 5.41) is 9.76. The van der Waals surface area contributed by atoms with Gasteiger partial charge in [0.05, 0.1) is 27.0 Å². The van der Waals surface area contributed by atoms with E-state index in [1.165, 1.54) is 5.56 Å². The van der Waals surface area contributed by atoms with E-state index in [9.17, 15) is 9.59 Å². The van der Waals surface area contributed by atoms with E-state index in [0.29, 0.717) is 22.7 Å². The highest BCUT2D eigenvalue weighted by Gasteiger charge is 2.39. The molecule has 0 bridgehead atoms. The van der Waals surface area contributed by atoms with Crippen LogP contribution in [-0.2, 0) is 10.2 Å². The second-order valence-electron chi connectivity index (χ2n) is 9.72. The van der Waals surface area contributed by atoms with Gasteiger partial charge in [-0.3, -0.25) is 14.2 Å². The van der Waals surface area contributed by atoms with Gasteiger partial charge in [0.25, 0.3) is 5.56 Å². The van der Waals surface area contributed by atoms with Gasteiger partial charge in [0.1, 0.15) is 5.82 Å². The molecule has 2 aromatic carbocycles. The highest BCUT2D eigenvalue weighted by atomic mass is 35.5. The zero-order valence-electron chi connectivity index (χ0n) is 19.0. The Bertz CT molecular complexity index is 1310. The largest absolute Gasteiger partial charge is 0.481 e. The van der Waals surface area contributed by atoms with Crippen LogP contribution in [0.25, 0.3) is 16.6 Å². The average molecular weight is 466 g/mol. The summed E-state index contributed by atoms with van der Waals surface area (Å²) in [5.41, 5.74) is 3.69. The molecule has 7 heteroatoms. The molecule has 3 heterocycles. The summed E-state index contributed by atoms with van der Waals surface area (Å²) in [4.78, 5) is 30.4. The Morgan fingerprint density at radius 2 is 1.97 bits per heavy atom. The molecule has 5 rings (SSSR count). The van der Waals surface area contributed by atoms with E-state index in [1.807, 2.05) is 12.1 Å². The molecule has 0 amide bonds. The van der Waals surface area contributed by atoms with E-state index in [1.54, 1.807) is 6.07 Å². The van der Waals surface area contributed by atoms with Crippen molar-refractivity contribution in [3.63, 3.8) is 0 Å². The molecule has 0 atom stereocenters. The number of aliphatic carboxylic acids is 1. The fraction of sp³-hybridized carbons (Fsp3) is 0.423. The van der Waals surface area contributed by atoms with Crippen molar-refractivity contribution in [2.45, 2.75) is 50.9 Å². The topological polar surface area (TPSA) is 75.4 Å². The molecule has 1 N–H and O–H groups in total. The van der Waals surface area contributed by atoms with Crippen LogP contribution >= 0.6 is 11.6 Å². The lowest BCUT2D eigenvalue weighted by atomic mass is 9.83. The zero-order valence-corrected chi connectivity index (χ0v) is 19.7. The smallest absolute Gasteiger partial charge is 0.303 e. The van der Waals surface area contributed by atoms with E-state index < -0.39 is 5.97 Å². The minimum absolute atomic E-state index is 0.230. The zero-order chi connectivity index (χ0) is 23.3. The van der Waals surface area contributed by atoms with Gasteiger partial charge in [0.15, 0.2) is 0 Å². The molecule has 33 heavy (non-hydrogen) atoms. The van der Waals surface area contributed by atoms with Crippen molar-refractivity contribution < 1.29 is 9.90 Å². The van der Waals surface area contributed by atoms with Crippen molar-refractivity contribution in [3.8, 4) is 5.69 Å². The first kappa shape index (κ1) is 22.1. The van der Waals surface area contributed by atoms with Gasteiger partial charge in [-0.25, -0.2) is 0 Å². The maximum Gasteiger partial charge on any atom is 0.303 e. The molecule has 1 aromatic heterocycles. The molecule has 6 nitrogen and oxygen atoms in total. The van der Waals surface area contributed by atoms with Crippen LogP contribution in [0.1, 0.15) is 62.4 Å². The summed E-state index contributed by atoms with van der Waals surface area (Å²) in [5.74, 6) is 0.485. The Hall–Kier alpha value is -2.70. The number of nitrogens with zero attached hydrogens (tertiary/aromatic N) is 3. The Balaban J connectivity index is 1.48. The number of hydrogen-bond acceptors (Lipinski definition) is 4. The maximum absolute atomic E-state index is 12.8. The van der Waals surface area contributed by atoms with Gasteiger partial charge < -0.3 is 10.0 Å². The van der Waals surface area contributed by atoms with E-state index in [4.69, 9.17) is 16.7 Å². The first-order chi connectivity index (χ1) is 15.8. The molecular weight excluding hydrogens is 438 g/mol. The predicted molar refractivity (Wildman–Crippen MR) is 130 cm³/mol. The summed E-state index contributed by atoms with van der Waals surface area (Å²) >= 11 is 6.39. The summed E-state index contributed by atoms with van der Waals surface area (Å²) < 4.78 is 2.11. The molecule has 0 unspecified atom stereocenters. The van der Waals surface area contributed by atoms with E-state index >= 15 is 0 Å². The number of carboxylic acids is 1. The van der Waals surface area contributed by atoms with Crippen LogP contribution in [0.3, 0.4) is 0 Å². The lowest BCUT2D eigenvalue weighted by molar-refractivity contribution is -0.137. The second kappa shape index (κ2) is 8.26. The first-order valence-electron chi connectivity index (χ1n) is 11.6. The summed E-state index contributed by atoms with van der Waals surface area (Å²) in [6, 6.07) is 12.3. The van der Waals surface area contributed by atoms with Crippen molar-refractivity contribution >= 4 is 28.5 Å². The number of hydrogen-bond donors (Lipinski definition) is 1. The third-order valence-corrected chi connectivity index (χ3v) is 7.60. The standard InChI is InChI=1S/C26H28ClN3O3/c1-26(2)18-9-8-17(16-10-13-29(14-11-16)12-4-7-22(31)32)15-21(18)30-20-6-3-5-19(27)23(20)24(33)28-25(26)30/h3,5-6,8-9,15-16H,4,7,10-14H2,1-2H3,(H,31,32). The molecule has 2 aliphatic rings. The van der Waals surface area contributed by atoms with Gasteiger partial charge in [-0.05, 0) is 88.0 Å². The lowest BCUT2D eigenvalue weighted by Gasteiger charge is -2.32. The van der Waals surface area contributed by atoms with Crippen molar-refractivity contribution in [2.24, 2.45) is 0 Å². The molecular formula is C26H28ClN3O3. The van der Waals surface area contributed by atoms with Crippen LogP contribution in [-0.4, -0.2) is 45.2 Å². The van der Waals surface area contributed by atoms with Crippen LogP contribution < -0.4 is 5.56 Å². The van der Waals surface area contributed by atoms with Crippen molar-refractivity contribution in [2.75, 3.05) is 19.6 Å². The summed E-state index contributed by atoms with van der Waals surface area (Å²) in [6.45, 7) is 7.04. The molecule has 0 radical (unpaired) electrons. The van der Waals surface area contributed by atoms with E-state index in [0.717, 1.165) is 55.1 Å². The number of fused-ring (bicyclic) bond motifs is 5. The number of carboxylic acid groups (broad SMARTS) is 1. The molecule has 172 valence electrons. The SMILES string of the molecule is CC1(C)c2ccc(C3CCN(CCCC(=O)O)CC3)cc2-n2c1nc(=O)c1c(Cl)cccc12. The molecule has 3 aromatic rings. The van der Waals surface area contributed by atoms with Crippen molar-refractivity contribution in [3.05, 3.63) is 68.7 Å². The minimum atomic E-state index is -0.726. The van der Waals surface area contributed by atoms with Gasteiger partial charge in [-0.15, -0.1) is 0 Å². The predicted octanol–water partition coefficient (Wildman–Crippen LogP) is 4.72. The Labute approximate surface area is 197 Å². The van der Waals surface area contributed by atoms with Gasteiger partial charge in [-0.1, -0.05) is 29.8 Å². The third kappa shape index (κ3) is 3.75. The molecule has 0 aliphatic carbocycles. The fourth-order valence-electron chi connectivity index (χ4n) is 5.47. The molecule has 1 saturated heterocycles. The first-order valence-corrected chi connectivity index (χ1v) is 12.0. The van der Waals surface area contributed by atoms with Crippen LogP contribution in [0, 0.1) is 0 Å². The normalized spacial score (nSPS) is 17.8. The number of benzene rings is 2. The van der Waals surface area contributed by atoms with Gasteiger partial charge >= 0.3 is 5.97 Å². The van der Waals surface area contributed by atoms with Crippen molar-refractivity contribution in [1.29, 1.82) is 0 Å². The van der Waals surface area contributed by atoms with Gasteiger partial charge in [-0.2, -0.15) is 4.98 Å². The Kier molecular flexibility index (Phi) is 5.53. The highest BCUT2D eigenvalue weighted by molar-refractivity contribution is 6.35. The number of likely N-dealkylation sites (tertiary alicyclic amines) is 1. The Morgan fingerprint density at radius 3 is 2.70 bits per heavy atom.